The Morgan fingerprint density at radius 1 is 1.18 bits per heavy atom. The number of carbonyl (C=O) groups excluding carboxylic acids is 1. The summed E-state index contributed by atoms with van der Waals surface area (Å²) >= 11 is 0. The molecule has 0 aromatic carbocycles. The van der Waals surface area contributed by atoms with Gasteiger partial charge in [0.15, 0.2) is 0 Å². The summed E-state index contributed by atoms with van der Waals surface area (Å²) in [5, 5.41) is 0. The molecule has 1 aliphatic carbocycles. The SMILES string of the molecule is CN(C(=O)CCCN)C1CCCCCCC1.Cl. The number of nitrogens with two attached hydrogens (primary N) is 1. The van der Waals surface area contributed by atoms with Crippen LogP contribution in [0.2, 0.25) is 0 Å². The Labute approximate surface area is 112 Å². The Morgan fingerprint density at radius 3 is 2.24 bits per heavy atom. The van der Waals surface area contributed by atoms with E-state index in [9.17, 15) is 4.79 Å². The lowest BCUT2D eigenvalue weighted by Gasteiger charge is -2.29. The molecule has 1 saturated carbocycles. The number of nitrogens with zero attached hydrogens (tertiary/aromatic N) is 1. The molecular weight excluding hydrogens is 236 g/mol. The molecule has 0 spiro atoms. The summed E-state index contributed by atoms with van der Waals surface area (Å²) in [7, 11) is 1.96. The van der Waals surface area contributed by atoms with Crippen molar-refractivity contribution >= 4 is 18.3 Å². The summed E-state index contributed by atoms with van der Waals surface area (Å²) in [4.78, 5) is 13.8. The van der Waals surface area contributed by atoms with Crippen LogP contribution in [0.4, 0.5) is 0 Å². The largest absolute Gasteiger partial charge is 0.343 e. The normalized spacial score (nSPS) is 17.8. The topological polar surface area (TPSA) is 46.3 Å². The van der Waals surface area contributed by atoms with E-state index in [4.69, 9.17) is 5.73 Å². The van der Waals surface area contributed by atoms with Crippen LogP contribution in [0.5, 0.6) is 0 Å². The molecule has 0 bridgehead atoms. The lowest BCUT2D eigenvalue weighted by atomic mass is 9.95. The minimum absolute atomic E-state index is 0. The van der Waals surface area contributed by atoms with Gasteiger partial charge >= 0.3 is 0 Å². The predicted octanol–water partition coefficient (Wildman–Crippen LogP) is 2.72. The zero-order valence-electron chi connectivity index (χ0n) is 11.0. The first-order valence-corrected chi connectivity index (χ1v) is 6.71. The van der Waals surface area contributed by atoms with E-state index in [1.807, 2.05) is 11.9 Å². The molecule has 1 rings (SSSR count). The fourth-order valence-corrected chi connectivity index (χ4v) is 2.46. The minimum Gasteiger partial charge on any atom is -0.343 e. The van der Waals surface area contributed by atoms with Crippen LogP contribution >= 0.6 is 12.4 Å². The van der Waals surface area contributed by atoms with Gasteiger partial charge in [0.1, 0.15) is 0 Å². The average molecular weight is 263 g/mol. The van der Waals surface area contributed by atoms with Gasteiger partial charge < -0.3 is 10.6 Å². The maximum atomic E-state index is 11.9. The van der Waals surface area contributed by atoms with Crippen LogP contribution in [0.15, 0.2) is 0 Å². The fourth-order valence-electron chi connectivity index (χ4n) is 2.46. The van der Waals surface area contributed by atoms with Gasteiger partial charge in [0, 0.05) is 19.5 Å². The molecule has 0 unspecified atom stereocenters. The Hall–Kier alpha value is -0.280. The van der Waals surface area contributed by atoms with Crippen molar-refractivity contribution in [3.8, 4) is 0 Å². The van der Waals surface area contributed by atoms with E-state index in [0.29, 0.717) is 19.0 Å². The molecule has 0 aliphatic heterocycles. The van der Waals surface area contributed by atoms with Gasteiger partial charge in [-0.2, -0.15) is 0 Å². The molecule has 1 fully saturated rings. The third kappa shape index (κ3) is 6.27. The van der Waals surface area contributed by atoms with Crippen LogP contribution in [-0.2, 0) is 4.79 Å². The molecule has 0 saturated heterocycles. The van der Waals surface area contributed by atoms with E-state index in [1.54, 1.807) is 0 Å². The van der Waals surface area contributed by atoms with Crippen LogP contribution in [0.25, 0.3) is 0 Å². The molecule has 1 aliphatic rings. The summed E-state index contributed by atoms with van der Waals surface area (Å²) in [6, 6.07) is 0.477. The minimum atomic E-state index is 0. The number of amides is 1. The molecule has 1 amide bonds. The fraction of sp³-hybridized carbons (Fsp3) is 0.923. The molecule has 0 radical (unpaired) electrons. The summed E-state index contributed by atoms with van der Waals surface area (Å²) in [5.74, 6) is 0.274. The summed E-state index contributed by atoms with van der Waals surface area (Å²) < 4.78 is 0. The Bertz CT molecular complexity index is 204. The number of rotatable bonds is 4. The van der Waals surface area contributed by atoms with Crippen molar-refractivity contribution in [2.75, 3.05) is 13.6 Å². The van der Waals surface area contributed by atoms with Crippen molar-refractivity contribution in [2.45, 2.75) is 63.8 Å². The summed E-state index contributed by atoms with van der Waals surface area (Å²) in [6.45, 7) is 0.615. The molecule has 0 atom stereocenters. The summed E-state index contributed by atoms with van der Waals surface area (Å²) in [6.07, 6.45) is 10.4. The van der Waals surface area contributed by atoms with Crippen LogP contribution in [0.3, 0.4) is 0 Å². The third-order valence-corrected chi connectivity index (χ3v) is 3.61. The molecule has 0 aromatic rings. The highest BCUT2D eigenvalue weighted by molar-refractivity contribution is 5.85. The molecule has 102 valence electrons. The van der Waals surface area contributed by atoms with E-state index >= 15 is 0 Å². The van der Waals surface area contributed by atoms with Gasteiger partial charge in [0.05, 0.1) is 0 Å². The third-order valence-electron chi connectivity index (χ3n) is 3.61. The second-order valence-corrected chi connectivity index (χ2v) is 4.90. The predicted molar refractivity (Wildman–Crippen MR) is 74.4 cm³/mol. The average Bonchev–Trinajstić information content (AvgIpc) is 2.24. The molecule has 17 heavy (non-hydrogen) atoms. The van der Waals surface area contributed by atoms with Crippen LogP contribution < -0.4 is 5.73 Å². The van der Waals surface area contributed by atoms with Crippen LogP contribution in [-0.4, -0.2) is 30.4 Å². The molecule has 0 aromatic heterocycles. The molecule has 3 nitrogen and oxygen atoms in total. The molecule has 4 heteroatoms. The lowest BCUT2D eigenvalue weighted by molar-refractivity contribution is -0.132. The van der Waals surface area contributed by atoms with Crippen molar-refractivity contribution in [2.24, 2.45) is 5.73 Å². The van der Waals surface area contributed by atoms with Crippen LogP contribution in [0, 0.1) is 0 Å². The van der Waals surface area contributed by atoms with Gasteiger partial charge in [0.25, 0.3) is 0 Å². The first kappa shape index (κ1) is 16.7. The smallest absolute Gasteiger partial charge is 0.222 e. The van der Waals surface area contributed by atoms with Crippen molar-refractivity contribution in [1.82, 2.24) is 4.90 Å². The van der Waals surface area contributed by atoms with Crippen LogP contribution in [0.1, 0.15) is 57.8 Å². The first-order chi connectivity index (χ1) is 7.75. The molecular formula is C13H27ClN2O. The van der Waals surface area contributed by atoms with Crippen molar-refractivity contribution in [3.63, 3.8) is 0 Å². The number of hydrogen-bond acceptors (Lipinski definition) is 2. The number of carbonyl (C=O) groups is 1. The molecule has 2 N–H and O–H groups in total. The second-order valence-electron chi connectivity index (χ2n) is 4.90. The quantitative estimate of drug-likeness (QED) is 0.847. The Balaban J connectivity index is 0.00000256. The monoisotopic (exact) mass is 262 g/mol. The van der Waals surface area contributed by atoms with Gasteiger partial charge in [-0.1, -0.05) is 32.1 Å². The highest BCUT2D eigenvalue weighted by Gasteiger charge is 2.19. The standard InChI is InChI=1S/C13H26N2O.ClH/c1-15(13(16)10-7-11-14)12-8-5-3-2-4-6-9-12;/h12H,2-11,14H2,1H3;1H. The van der Waals surface area contributed by atoms with Gasteiger partial charge in [-0.3, -0.25) is 4.79 Å². The number of halogens is 1. The van der Waals surface area contributed by atoms with Gasteiger partial charge in [-0.05, 0) is 25.8 Å². The van der Waals surface area contributed by atoms with Gasteiger partial charge in [-0.25, -0.2) is 0 Å². The van der Waals surface area contributed by atoms with Crippen molar-refractivity contribution in [1.29, 1.82) is 0 Å². The summed E-state index contributed by atoms with van der Waals surface area (Å²) in [5.41, 5.74) is 5.43. The van der Waals surface area contributed by atoms with E-state index in [1.165, 1.54) is 44.9 Å². The Kier molecular flexibility index (Phi) is 9.56. The zero-order valence-corrected chi connectivity index (χ0v) is 11.8. The lowest BCUT2D eigenvalue weighted by Crippen LogP contribution is -2.37. The first-order valence-electron chi connectivity index (χ1n) is 6.71. The van der Waals surface area contributed by atoms with E-state index in [-0.39, 0.29) is 18.3 Å². The second kappa shape index (κ2) is 9.72. The van der Waals surface area contributed by atoms with E-state index < -0.39 is 0 Å². The maximum Gasteiger partial charge on any atom is 0.222 e. The van der Waals surface area contributed by atoms with Crippen molar-refractivity contribution in [3.05, 3.63) is 0 Å². The number of hydrogen-bond donors (Lipinski definition) is 1. The van der Waals surface area contributed by atoms with Gasteiger partial charge in [-0.15, -0.1) is 12.4 Å². The Morgan fingerprint density at radius 2 is 1.71 bits per heavy atom. The highest BCUT2D eigenvalue weighted by atomic mass is 35.5. The highest BCUT2D eigenvalue weighted by Crippen LogP contribution is 2.21. The maximum absolute atomic E-state index is 11.9. The van der Waals surface area contributed by atoms with Crippen molar-refractivity contribution < 1.29 is 4.79 Å². The van der Waals surface area contributed by atoms with E-state index in [2.05, 4.69) is 0 Å². The zero-order chi connectivity index (χ0) is 11.8. The molecule has 0 heterocycles. The van der Waals surface area contributed by atoms with E-state index in [0.717, 1.165) is 6.42 Å². The van der Waals surface area contributed by atoms with Gasteiger partial charge in [0.2, 0.25) is 5.91 Å².